The van der Waals surface area contributed by atoms with Gasteiger partial charge in [0.25, 0.3) is 5.91 Å². The van der Waals surface area contributed by atoms with Crippen LogP contribution >= 0.6 is 15.9 Å². The molecule has 0 unspecified atom stereocenters. The summed E-state index contributed by atoms with van der Waals surface area (Å²) in [6, 6.07) is 5.23. The van der Waals surface area contributed by atoms with Crippen molar-refractivity contribution in [2.24, 2.45) is 5.92 Å². The van der Waals surface area contributed by atoms with Gasteiger partial charge in [0.1, 0.15) is 5.75 Å². The first kappa shape index (κ1) is 13.4. The van der Waals surface area contributed by atoms with Crippen LogP contribution in [0.3, 0.4) is 0 Å². The number of halogens is 1. The van der Waals surface area contributed by atoms with Crippen LogP contribution in [0.5, 0.6) is 5.75 Å². The summed E-state index contributed by atoms with van der Waals surface area (Å²) in [5.41, 5.74) is 0.600. The number of benzene rings is 1. The number of rotatable bonds is 4. The molecule has 18 heavy (non-hydrogen) atoms. The Bertz CT molecular complexity index is 444. The van der Waals surface area contributed by atoms with Crippen LogP contribution in [-0.2, 0) is 0 Å². The summed E-state index contributed by atoms with van der Waals surface area (Å²) >= 11 is 3.35. The molecule has 2 rings (SSSR count). The number of carbonyl (C=O) groups excluding carboxylic acids is 1. The monoisotopic (exact) mass is 313 g/mol. The summed E-state index contributed by atoms with van der Waals surface area (Å²) in [5, 5.41) is 12.0. The Kier molecular flexibility index (Phi) is 4.24. The SMILES string of the molecule is COc1ccc(C(=O)NCC2CC(O)C2)cc1Br. The second kappa shape index (κ2) is 5.71. The van der Waals surface area contributed by atoms with Gasteiger partial charge in [0, 0.05) is 12.1 Å². The average molecular weight is 314 g/mol. The van der Waals surface area contributed by atoms with E-state index in [2.05, 4.69) is 21.2 Å². The third-order valence-corrected chi connectivity index (χ3v) is 3.80. The van der Waals surface area contributed by atoms with Gasteiger partial charge >= 0.3 is 0 Å². The highest BCUT2D eigenvalue weighted by Gasteiger charge is 2.27. The van der Waals surface area contributed by atoms with E-state index in [1.54, 1.807) is 25.3 Å². The molecule has 0 spiro atoms. The molecule has 98 valence electrons. The van der Waals surface area contributed by atoms with Gasteiger partial charge in [-0.2, -0.15) is 0 Å². The van der Waals surface area contributed by atoms with Gasteiger partial charge in [-0.1, -0.05) is 0 Å². The van der Waals surface area contributed by atoms with E-state index in [1.165, 1.54) is 0 Å². The van der Waals surface area contributed by atoms with Crippen molar-refractivity contribution in [3.8, 4) is 5.75 Å². The number of aliphatic hydroxyl groups is 1. The predicted octanol–water partition coefficient (Wildman–Crippen LogP) is 1.96. The molecule has 1 saturated carbocycles. The number of hydrogen-bond acceptors (Lipinski definition) is 3. The normalized spacial score (nSPS) is 22.2. The van der Waals surface area contributed by atoms with Gasteiger partial charge in [-0.3, -0.25) is 4.79 Å². The molecule has 4 nitrogen and oxygen atoms in total. The number of nitrogens with one attached hydrogen (secondary N) is 1. The van der Waals surface area contributed by atoms with Crippen molar-refractivity contribution in [3.63, 3.8) is 0 Å². The first-order valence-electron chi connectivity index (χ1n) is 5.90. The largest absolute Gasteiger partial charge is 0.496 e. The third-order valence-electron chi connectivity index (χ3n) is 3.18. The summed E-state index contributed by atoms with van der Waals surface area (Å²) < 4.78 is 5.87. The van der Waals surface area contributed by atoms with E-state index in [0.29, 0.717) is 23.8 Å². The number of aliphatic hydroxyl groups excluding tert-OH is 1. The van der Waals surface area contributed by atoms with E-state index in [9.17, 15) is 4.79 Å². The quantitative estimate of drug-likeness (QED) is 0.893. The van der Waals surface area contributed by atoms with Crippen molar-refractivity contribution in [2.75, 3.05) is 13.7 Å². The fourth-order valence-electron chi connectivity index (χ4n) is 2.01. The second-order valence-corrected chi connectivity index (χ2v) is 5.40. The molecule has 0 bridgehead atoms. The van der Waals surface area contributed by atoms with E-state index < -0.39 is 0 Å². The molecule has 1 aliphatic carbocycles. The number of methoxy groups -OCH3 is 1. The van der Waals surface area contributed by atoms with Crippen molar-refractivity contribution in [1.82, 2.24) is 5.32 Å². The number of hydrogen-bond donors (Lipinski definition) is 2. The smallest absolute Gasteiger partial charge is 0.251 e. The van der Waals surface area contributed by atoms with Crippen LogP contribution in [-0.4, -0.2) is 30.8 Å². The van der Waals surface area contributed by atoms with Crippen molar-refractivity contribution >= 4 is 21.8 Å². The molecule has 2 N–H and O–H groups in total. The zero-order valence-corrected chi connectivity index (χ0v) is 11.7. The first-order valence-corrected chi connectivity index (χ1v) is 6.69. The van der Waals surface area contributed by atoms with Crippen LogP contribution in [0.2, 0.25) is 0 Å². The minimum atomic E-state index is -0.179. The molecular weight excluding hydrogens is 298 g/mol. The number of carbonyl (C=O) groups is 1. The van der Waals surface area contributed by atoms with Crippen molar-refractivity contribution in [2.45, 2.75) is 18.9 Å². The average Bonchev–Trinajstić information content (AvgIpc) is 2.32. The van der Waals surface area contributed by atoms with Gasteiger partial charge in [-0.25, -0.2) is 0 Å². The van der Waals surface area contributed by atoms with Gasteiger partial charge < -0.3 is 15.2 Å². The van der Waals surface area contributed by atoms with Crippen molar-refractivity contribution < 1.29 is 14.6 Å². The lowest BCUT2D eigenvalue weighted by molar-refractivity contribution is 0.0420. The first-order chi connectivity index (χ1) is 8.60. The lowest BCUT2D eigenvalue weighted by atomic mass is 9.82. The molecule has 1 aromatic carbocycles. The van der Waals surface area contributed by atoms with E-state index in [4.69, 9.17) is 9.84 Å². The molecule has 0 aliphatic heterocycles. The Hall–Kier alpha value is -1.07. The molecule has 0 atom stereocenters. The predicted molar refractivity (Wildman–Crippen MR) is 71.8 cm³/mol. The van der Waals surface area contributed by atoms with Gasteiger partial charge in [0.15, 0.2) is 0 Å². The van der Waals surface area contributed by atoms with Crippen LogP contribution < -0.4 is 10.1 Å². The number of amides is 1. The molecule has 5 heteroatoms. The Morgan fingerprint density at radius 1 is 1.56 bits per heavy atom. The summed E-state index contributed by atoms with van der Waals surface area (Å²) in [7, 11) is 1.59. The fraction of sp³-hybridized carbons (Fsp3) is 0.462. The zero-order valence-electron chi connectivity index (χ0n) is 10.1. The van der Waals surface area contributed by atoms with Crippen LogP contribution in [0.15, 0.2) is 22.7 Å². The highest BCUT2D eigenvalue weighted by atomic mass is 79.9. The molecule has 1 aromatic rings. The topological polar surface area (TPSA) is 58.6 Å². The van der Waals surface area contributed by atoms with Gasteiger partial charge in [0.05, 0.1) is 17.7 Å². The maximum Gasteiger partial charge on any atom is 0.251 e. The van der Waals surface area contributed by atoms with Gasteiger partial charge in [0.2, 0.25) is 0 Å². The Morgan fingerprint density at radius 3 is 2.83 bits per heavy atom. The Balaban J connectivity index is 1.90. The maximum atomic E-state index is 11.9. The minimum Gasteiger partial charge on any atom is -0.496 e. The molecular formula is C13H16BrNO3. The minimum absolute atomic E-state index is 0.0975. The second-order valence-electron chi connectivity index (χ2n) is 4.55. The van der Waals surface area contributed by atoms with Crippen LogP contribution in [0, 0.1) is 5.92 Å². The summed E-state index contributed by atoms with van der Waals surface area (Å²) in [6.45, 7) is 0.625. The van der Waals surface area contributed by atoms with E-state index in [-0.39, 0.29) is 12.0 Å². The van der Waals surface area contributed by atoms with Gasteiger partial charge in [-0.15, -0.1) is 0 Å². The van der Waals surface area contributed by atoms with Gasteiger partial charge in [-0.05, 0) is 52.9 Å². The summed E-state index contributed by atoms with van der Waals surface area (Å²) in [6.07, 6.45) is 1.39. The molecule has 1 fully saturated rings. The molecule has 0 heterocycles. The Labute approximate surface area is 114 Å². The van der Waals surface area contributed by atoms with E-state index in [1.807, 2.05) is 0 Å². The summed E-state index contributed by atoms with van der Waals surface area (Å²) in [4.78, 5) is 11.9. The molecule has 0 aromatic heterocycles. The standard InChI is InChI=1S/C13H16BrNO3/c1-18-12-3-2-9(6-11(12)14)13(17)15-7-8-4-10(16)5-8/h2-3,6,8,10,16H,4-5,7H2,1H3,(H,15,17). The van der Waals surface area contributed by atoms with Crippen molar-refractivity contribution in [3.05, 3.63) is 28.2 Å². The molecule has 0 radical (unpaired) electrons. The molecule has 1 amide bonds. The lowest BCUT2D eigenvalue weighted by Crippen LogP contribution is -2.38. The van der Waals surface area contributed by atoms with E-state index in [0.717, 1.165) is 17.3 Å². The highest BCUT2D eigenvalue weighted by molar-refractivity contribution is 9.10. The fourth-order valence-corrected chi connectivity index (χ4v) is 2.55. The molecule has 0 saturated heterocycles. The number of ether oxygens (including phenoxy) is 1. The van der Waals surface area contributed by atoms with Crippen LogP contribution in [0.25, 0.3) is 0 Å². The Morgan fingerprint density at radius 2 is 2.28 bits per heavy atom. The van der Waals surface area contributed by atoms with Crippen LogP contribution in [0.1, 0.15) is 23.2 Å². The lowest BCUT2D eigenvalue weighted by Gasteiger charge is -2.31. The maximum absolute atomic E-state index is 11.9. The van der Waals surface area contributed by atoms with Crippen LogP contribution in [0.4, 0.5) is 0 Å². The van der Waals surface area contributed by atoms with E-state index >= 15 is 0 Å². The summed E-state index contributed by atoms with van der Waals surface area (Å²) in [5.74, 6) is 1.01. The highest BCUT2D eigenvalue weighted by Crippen LogP contribution is 2.27. The third kappa shape index (κ3) is 3.03. The zero-order chi connectivity index (χ0) is 13.1. The van der Waals surface area contributed by atoms with Crippen molar-refractivity contribution in [1.29, 1.82) is 0 Å². The molecule has 1 aliphatic rings.